The lowest BCUT2D eigenvalue weighted by atomic mass is 10.2. The summed E-state index contributed by atoms with van der Waals surface area (Å²) in [4.78, 5) is 22.7. The molecule has 1 heterocycles. The molecule has 0 saturated carbocycles. The van der Waals surface area contributed by atoms with Crippen LogP contribution in [0.25, 0.3) is 11.4 Å². The number of carbonyl (C=O) groups excluding carboxylic acids is 2. The number of carbonyl (C=O) groups is 2. The number of urea groups is 1. The summed E-state index contributed by atoms with van der Waals surface area (Å²) in [6, 6.07) is 6.81. The molecule has 2 N–H and O–H groups in total. The van der Waals surface area contributed by atoms with Gasteiger partial charge in [-0.3, -0.25) is 14.7 Å². The van der Waals surface area contributed by atoms with E-state index in [1.54, 1.807) is 18.2 Å². The molecule has 25 heavy (non-hydrogen) atoms. The Morgan fingerprint density at radius 2 is 2.04 bits per heavy atom. The van der Waals surface area contributed by atoms with Crippen LogP contribution < -0.4 is 10.6 Å². The second-order valence-corrected chi connectivity index (χ2v) is 6.44. The van der Waals surface area contributed by atoms with Gasteiger partial charge in [-0.2, -0.15) is 0 Å². The second-order valence-electron chi connectivity index (χ2n) is 4.94. The summed E-state index contributed by atoms with van der Waals surface area (Å²) in [6.07, 6.45) is 1.94. The Bertz CT molecular complexity index is 760. The lowest BCUT2D eigenvalue weighted by Gasteiger charge is -2.08. The van der Waals surface area contributed by atoms with Gasteiger partial charge in [0.1, 0.15) is 0 Å². The van der Waals surface area contributed by atoms with E-state index in [0.29, 0.717) is 28.3 Å². The van der Waals surface area contributed by atoms with Gasteiger partial charge in [0, 0.05) is 36.4 Å². The minimum absolute atomic E-state index is 0.190. The highest BCUT2D eigenvalue weighted by atomic mass is 35.5. The molecule has 0 unspecified atom stereocenters. The molecule has 1 aromatic heterocycles. The Balaban J connectivity index is 2.06. The van der Waals surface area contributed by atoms with Crippen LogP contribution >= 0.6 is 23.4 Å². The minimum Gasteiger partial charge on any atom is -0.341 e. The average molecular weight is 380 g/mol. The zero-order chi connectivity index (χ0) is 18.2. The number of thioether (sulfide) groups is 1. The van der Waals surface area contributed by atoms with Crippen molar-refractivity contribution in [3.05, 3.63) is 41.9 Å². The maximum Gasteiger partial charge on any atom is 0.321 e. The van der Waals surface area contributed by atoms with Crippen molar-refractivity contribution in [1.82, 2.24) is 25.4 Å². The number of rotatable bonds is 7. The number of benzene rings is 1. The van der Waals surface area contributed by atoms with Crippen molar-refractivity contribution in [3.8, 4) is 11.4 Å². The fraction of sp³-hybridized carbons (Fsp3) is 0.250. The van der Waals surface area contributed by atoms with Gasteiger partial charge in [-0.05, 0) is 24.3 Å². The smallest absolute Gasteiger partial charge is 0.321 e. The standard InChI is InChI=1S/C16H18ClN5O2S/c1-3-9-22-14(11-4-6-12(17)7-5-11)20-21-16(22)25-10-8-13(23)19-15(24)18-2/h3-7H,1,8-10H2,2H3,(H2,18,19,23,24). The Kier molecular flexibility index (Phi) is 7.03. The summed E-state index contributed by atoms with van der Waals surface area (Å²) in [6.45, 7) is 4.30. The number of halogens is 1. The van der Waals surface area contributed by atoms with Crippen LogP contribution in [-0.4, -0.2) is 39.5 Å². The third-order valence-corrected chi connectivity index (χ3v) is 4.39. The molecule has 0 aliphatic rings. The number of amides is 3. The summed E-state index contributed by atoms with van der Waals surface area (Å²) in [5, 5.41) is 14.3. The van der Waals surface area contributed by atoms with E-state index in [4.69, 9.17) is 11.6 Å². The summed E-state index contributed by atoms with van der Waals surface area (Å²) < 4.78 is 1.91. The molecule has 0 saturated heterocycles. The molecule has 7 nitrogen and oxygen atoms in total. The first-order valence-corrected chi connectivity index (χ1v) is 8.86. The second kappa shape index (κ2) is 9.24. The predicted octanol–water partition coefficient (Wildman–Crippen LogP) is 2.72. The third-order valence-electron chi connectivity index (χ3n) is 3.17. The maximum absolute atomic E-state index is 11.6. The third kappa shape index (κ3) is 5.33. The van der Waals surface area contributed by atoms with Gasteiger partial charge in [-0.15, -0.1) is 16.8 Å². The first-order chi connectivity index (χ1) is 12.0. The molecular weight excluding hydrogens is 362 g/mol. The number of aromatic nitrogens is 3. The van der Waals surface area contributed by atoms with E-state index >= 15 is 0 Å². The molecule has 9 heteroatoms. The summed E-state index contributed by atoms with van der Waals surface area (Å²) in [7, 11) is 1.45. The van der Waals surface area contributed by atoms with Crippen LogP contribution in [0, 0.1) is 0 Å². The molecule has 1 aromatic carbocycles. The molecule has 0 radical (unpaired) electrons. The Labute approximate surface area is 154 Å². The molecule has 0 aliphatic heterocycles. The number of hydrogen-bond donors (Lipinski definition) is 2. The highest BCUT2D eigenvalue weighted by molar-refractivity contribution is 7.99. The maximum atomic E-state index is 11.6. The zero-order valence-electron chi connectivity index (χ0n) is 13.7. The van der Waals surface area contributed by atoms with E-state index in [-0.39, 0.29) is 12.3 Å². The van der Waals surface area contributed by atoms with E-state index < -0.39 is 6.03 Å². The molecule has 132 valence electrons. The van der Waals surface area contributed by atoms with Crippen molar-refractivity contribution < 1.29 is 9.59 Å². The molecule has 3 amide bonds. The van der Waals surface area contributed by atoms with Crippen LogP contribution in [0.4, 0.5) is 4.79 Å². The fourth-order valence-corrected chi connectivity index (χ4v) is 3.00. The van der Waals surface area contributed by atoms with E-state index in [1.165, 1.54) is 18.8 Å². The van der Waals surface area contributed by atoms with Crippen LogP contribution in [0.3, 0.4) is 0 Å². The SMILES string of the molecule is C=CCn1c(SCCC(=O)NC(=O)NC)nnc1-c1ccc(Cl)cc1. The Morgan fingerprint density at radius 1 is 1.32 bits per heavy atom. The van der Waals surface area contributed by atoms with E-state index in [0.717, 1.165) is 5.56 Å². The highest BCUT2D eigenvalue weighted by Crippen LogP contribution is 2.25. The summed E-state index contributed by atoms with van der Waals surface area (Å²) in [5.74, 6) is 0.826. The normalized spacial score (nSPS) is 10.3. The number of allylic oxidation sites excluding steroid dienone is 1. The van der Waals surface area contributed by atoms with Crippen molar-refractivity contribution in [2.75, 3.05) is 12.8 Å². The topological polar surface area (TPSA) is 88.9 Å². The Hall–Kier alpha value is -2.32. The molecule has 2 rings (SSSR count). The van der Waals surface area contributed by atoms with Gasteiger partial charge in [0.15, 0.2) is 11.0 Å². The van der Waals surface area contributed by atoms with Gasteiger partial charge in [-0.1, -0.05) is 29.4 Å². The first-order valence-electron chi connectivity index (χ1n) is 7.49. The Morgan fingerprint density at radius 3 is 2.68 bits per heavy atom. The van der Waals surface area contributed by atoms with Crippen molar-refractivity contribution in [2.45, 2.75) is 18.1 Å². The van der Waals surface area contributed by atoms with Crippen LogP contribution in [0.2, 0.25) is 5.02 Å². The van der Waals surface area contributed by atoms with Gasteiger partial charge in [0.05, 0.1) is 0 Å². The summed E-state index contributed by atoms with van der Waals surface area (Å²) >= 11 is 7.31. The molecule has 0 fully saturated rings. The van der Waals surface area contributed by atoms with E-state index in [1.807, 2.05) is 16.7 Å². The largest absolute Gasteiger partial charge is 0.341 e. The van der Waals surface area contributed by atoms with Gasteiger partial charge in [0.2, 0.25) is 5.91 Å². The number of imide groups is 1. The van der Waals surface area contributed by atoms with Crippen molar-refractivity contribution >= 4 is 35.3 Å². The lowest BCUT2D eigenvalue weighted by Crippen LogP contribution is -2.37. The molecule has 2 aromatic rings. The molecule has 0 spiro atoms. The lowest BCUT2D eigenvalue weighted by molar-refractivity contribution is -0.119. The summed E-state index contributed by atoms with van der Waals surface area (Å²) in [5.41, 5.74) is 0.892. The fourth-order valence-electron chi connectivity index (χ4n) is 1.99. The van der Waals surface area contributed by atoms with Gasteiger partial charge >= 0.3 is 6.03 Å². The van der Waals surface area contributed by atoms with Crippen molar-refractivity contribution in [1.29, 1.82) is 0 Å². The van der Waals surface area contributed by atoms with Crippen molar-refractivity contribution in [3.63, 3.8) is 0 Å². The molecule has 0 atom stereocenters. The minimum atomic E-state index is -0.519. The molecule has 0 aliphatic carbocycles. The zero-order valence-corrected chi connectivity index (χ0v) is 15.2. The van der Waals surface area contributed by atoms with E-state index in [2.05, 4.69) is 27.4 Å². The molecular formula is C16H18ClN5O2S. The first kappa shape index (κ1) is 19.0. The monoisotopic (exact) mass is 379 g/mol. The average Bonchev–Trinajstić information content (AvgIpc) is 2.98. The number of nitrogens with one attached hydrogen (secondary N) is 2. The quantitative estimate of drug-likeness (QED) is 0.570. The van der Waals surface area contributed by atoms with Gasteiger partial charge < -0.3 is 5.32 Å². The predicted molar refractivity (Wildman–Crippen MR) is 98.6 cm³/mol. The van der Waals surface area contributed by atoms with Gasteiger partial charge in [0.25, 0.3) is 0 Å². The number of nitrogens with zero attached hydrogens (tertiary/aromatic N) is 3. The van der Waals surface area contributed by atoms with Crippen LogP contribution in [0.15, 0.2) is 42.1 Å². The van der Waals surface area contributed by atoms with E-state index in [9.17, 15) is 9.59 Å². The van der Waals surface area contributed by atoms with Crippen molar-refractivity contribution in [2.24, 2.45) is 0 Å². The number of hydrogen-bond acceptors (Lipinski definition) is 5. The van der Waals surface area contributed by atoms with Crippen LogP contribution in [-0.2, 0) is 11.3 Å². The molecule has 0 bridgehead atoms. The van der Waals surface area contributed by atoms with Gasteiger partial charge in [-0.25, -0.2) is 4.79 Å². The van der Waals surface area contributed by atoms with Crippen LogP contribution in [0.5, 0.6) is 0 Å². The van der Waals surface area contributed by atoms with Crippen LogP contribution in [0.1, 0.15) is 6.42 Å². The highest BCUT2D eigenvalue weighted by Gasteiger charge is 2.14.